The molecule has 0 bridgehead atoms. The van der Waals surface area contributed by atoms with Crippen molar-refractivity contribution in [1.29, 1.82) is 0 Å². The summed E-state index contributed by atoms with van der Waals surface area (Å²) in [7, 11) is 6.39. The van der Waals surface area contributed by atoms with Crippen molar-refractivity contribution in [2.75, 3.05) is 61.5 Å². The van der Waals surface area contributed by atoms with E-state index in [1.165, 1.54) is 19.2 Å². The van der Waals surface area contributed by atoms with E-state index in [9.17, 15) is 19.2 Å². The third-order valence-corrected chi connectivity index (χ3v) is 11.1. The molecule has 0 fully saturated rings. The Bertz CT molecular complexity index is 2350. The van der Waals surface area contributed by atoms with Crippen LogP contribution in [0.2, 0.25) is 0 Å². The van der Waals surface area contributed by atoms with Crippen LogP contribution in [0.5, 0.6) is 23.3 Å². The molecule has 356 valence electrons. The first-order valence-electron chi connectivity index (χ1n) is 21.8. The number of aromatic nitrogens is 4. The predicted octanol–water partition coefficient (Wildman–Crippen LogP) is 8.09. The Morgan fingerprint density at radius 1 is 0.815 bits per heavy atom. The van der Waals surface area contributed by atoms with Gasteiger partial charge in [0.15, 0.2) is 22.4 Å². The van der Waals surface area contributed by atoms with Gasteiger partial charge in [0.05, 0.1) is 45.4 Å². The van der Waals surface area contributed by atoms with E-state index >= 15 is 0 Å². The normalized spacial score (nSPS) is 13.6. The topological polar surface area (TPSA) is 178 Å². The molecule has 17 heteroatoms. The Morgan fingerprint density at radius 2 is 1.42 bits per heavy atom. The fraction of sp³-hybridized carbons (Fsp3) is 0.542. The molecule has 0 spiro atoms. The molecule has 4 aromatic heterocycles. The molecule has 2 atom stereocenters. The summed E-state index contributed by atoms with van der Waals surface area (Å²) >= 11 is 3.55. The van der Waals surface area contributed by atoms with Gasteiger partial charge in [-0.05, 0) is 91.6 Å². The number of methoxy groups -OCH3 is 4. The monoisotopic (exact) mass is 968 g/mol. The zero-order valence-corrected chi connectivity index (χ0v) is 41.4. The highest BCUT2D eigenvalue weighted by molar-refractivity contribution is 9.10. The predicted molar refractivity (Wildman–Crippen MR) is 250 cm³/mol. The fourth-order valence-corrected chi connectivity index (χ4v) is 7.60. The number of halogens is 1. The van der Waals surface area contributed by atoms with E-state index < -0.39 is 17.5 Å². The molecule has 0 saturated heterocycles. The summed E-state index contributed by atoms with van der Waals surface area (Å²) in [5.41, 5.74) is 1.80. The van der Waals surface area contributed by atoms with Crippen LogP contribution in [0.3, 0.4) is 0 Å². The first kappa shape index (κ1) is 52.4. The minimum atomic E-state index is -0.694. The van der Waals surface area contributed by atoms with E-state index in [1.54, 1.807) is 67.6 Å². The lowest BCUT2D eigenvalue weighted by Gasteiger charge is -2.33. The number of esters is 2. The van der Waals surface area contributed by atoms with Crippen LogP contribution in [0, 0.1) is 11.8 Å². The standard InChI is InChI=1S/C25H35BrN2O6.C23H30N2O6/c1-16(2)19(28-10-9-20(29)18(15-28)24(30)34-25(3,4)5)13-17-14-21(33-12-8-11-31-6)23(32-7)27-22(17)26;1-6-30-23(27)16-13-25-17(14(2)3)10-15-11-20(31-9-7-8-28-4)22(29-5)24-21(15)18(25)12-19(16)26/h9-10,14-16,19H,8,11-13H2,1-7H3;11-14,17H,6-10H2,1-5H3/t19-;17-/m00/s1. The van der Waals surface area contributed by atoms with E-state index in [4.69, 9.17) is 37.9 Å². The molecule has 1 aliphatic rings. The SMILES string of the molecule is CCOC(=O)c1cn2c(cc1=O)-c1nc(OC)c(OCCCOC)cc1C[C@H]2C(C)C.COCCCOc1cc(C[C@@H](C(C)C)n2ccc(=O)c(C(=O)OC(C)(C)C)c2)c(Br)nc1OC. The quantitative estimate of drug-likeness (QED) is 0.0472. The van der Waals surface area contributed by atoms with Crippen LogP contribution in [0.15, 0.2) is 57.0 Å². The van der Waals surface area contributed by atoms with Gasteiger partial charge in [0.1, 0.15) is 21.3 Å². The van der Waals surface area contributed by atoms with Gasteiger partial charge < -0.3 is 47.0 Å². The van der Waals surface area contributed by atoms with Crippen molar-refractivity contribution in [1.82, 2.24) is 19.1 Å². The Labute approximate surface area is 390 Å². The molecule has 65 heavy (non-hydrogen) atoms. The van der Waals surface area contributed by atoms with Gasteiger partial charge in [-0.15, -0.1) is 0 Å². The average Bonchev–Trinajstić information content (AvgIpc) is 3.25. The molecule has 0 N–H and O–H groups in total. The zero-order chi connectivity index (χ0) is 48.0. The van der Waals surface area contributed by atoms with Crippen molar-refractivity contribution in [3.63, 3.8) is 0 Å². The van der Waals surface area contributed by atoms with Gasteiger partial charge >= 0.3 is 11.9 Å². The van der Waals surface area contributed by atoms with Crippen molar-refractivity contribution in [3.8, 4) is 34.6 Å². The van der Waals surface area contributed by atoms with Crippen molar-refractivity contribution >= 4 is 27.9 Å². The number of ether oxygens (including phenoxy) is 8. The van der Waals surface area contributed by atoms with Gasteiger partial charge in [-0.25, -0.2) is 19.6 Å². The molecule has 0 aliphatic carbocycles. The van der Waals surface area contributed by atoms with E-state index in [0.29, 0.717) is 78.5 Å². The Kier molecular flexibility index (Phi) is 19.6. The number of hydrogen-bond donors (Lipinski definition) is 0. The molecular formula is C48H65BrN4O12. The molecule has 0 radical (unpaired) electrons. The highest BCUT2D eigenvalue weighted by atomic mass is 79.9. The summed E-state index contributed by atoms with van der Waals surface area (Å²) in [4.78, 5) is 59.1. The smallest absolute Gasteiger partial charge is 0.344 e. The van der Waals surface area contributed by atoms with Gasteiger partial charge in [-0.1, -0.05) is 27.7 Å². The summed E-state index contributed by atoms with van der Waals surface area (Å²) < 4.78 is 47.7. The number of carbonyl (C=O) groups excluding carboxylic acids is 2. The van der Waals surface area contributed by atoms with Crippen LogP contribution < -0.4 is 29.8 Å². The second-order valence-electron chi connectivity index (χ2n) is 17.1. The molecule has 0 aromatic carbocycles. The number of nitrogens with zero attached hydrogens (tertiary/aromatic N) is 4. The molecule has 0 saturated carbocycles. The average molecular weight is 970 g/mol. The summed E-state index contributed by atoms with van der Waals surface area (Å²) in [6, 6.07) is 6.71. The highest BCUT2D eigenvalue weighted by Crippen LogP contribution is 2.41. The first-order chi connectivity index (χ1) is 30.9. The Morgan fingerprint density at radius 3 is 1.97 bits per heavy atom. The molecule has 5 rings (SSSR count). The maximum Gasteiger partial charge on any atom is 0.344 e. The van der Waals surface area contributed by atoms with E-state index in [-0.39, 0.29) is 52.5 Å². The third-order valence-electron chi connectivity index (χ3n) is 10.4. The van der Waals surface area contributed by atoms with Crippen LogP contribution in [0.4, 0.5) is 0 Å². The van der Waals surface area contributed by atoms with Crippen molar-refractivity contribution in [3.05, 3.63) is 90.2 Å². The number of rotatable bonds is 20. The maximum atomic E-state index is 12.7. The lowest BCUT2D eigenvalue weighted by Crippen LogP contribution is -2.29. The fourth-order valence-electron chi connectivity index (χ4n) is 7.16. The maximum absolute atomic E-state index is 12.7. The molecule has 4 aromatic rings. The first-order valence-corrected chi connectivity index (χ1v) is 22.6. The summed E-state index contributed by atoms with van der Waals surface area (Å²) in [5.74, 6) is 1.08. The van der Waals surface area contributed by atoms with Crippen LogP contribution >= 0.6 is 15.9 Å². The van der Waals surface area contributed by atoms with Crippen LogP contribution in [-0.4, -0.2) is 98.1 Å². The van der Waals surface area contributed by atoms with Gasteiger partial charge in [0, 0.05) is 83.1 Å². The van der Waals surface area contributed by atoms with Gasteiger partial charge in [-0.2, -0.15) is 0 Å². The van der Waals surface area contributed by atoms with Crippen molar-refractivity contribution < 1.29 is 47.5 Å². The third kappa shape index (κ3) is 14.1. The van der Waals surface area contributed by atoms with E-state index in [2.05, 4.69) is 53.6 Å². The Balaban J connectivity index is 0.000000286. The number of pyridine rings is 4. The van der Waals surface area contributed by atoms with Crippen LogP contribution in [0.25, 0.3) is 11.4 Å². The molecule has 0 unspecified atom stereocenters. The second-order valence-corrected chi connectivity index (χ2v) is 17.9. The molecule has 1 aliphatic heterocycles. The minimum absolute atomic E-state index is 0.0113. The molecule has 5 heterocycles. The largest absolute Gasteiger partial charge is 0.488 e. The molecule has 0 amide bonds. The summed E-state index contributed by atoms with van der Waals surface area (Å²) in [6.45, 7) is 17.8. The molecule has 16 nitrogen and oxygen atoms in total. The van der Waals surface area contributed by atoms with E-state index in [1.807, 2.05) is 21.3 Å². The van der Waals surface area contributed by atoms with Crippen molar-refractivity contribution in [2.45, 2.75) is 98.8 Å². The van der Waals surface area contributed by atoms with Crippen LogP contribution in [-0.2, 0) is 31.8 Å². The number of carbonyl (C=O) groups is 2. The summed E-state index contributed by atoms with van der Waals surface area (Å²) in [6.07, 6.45) is 7.65. The molecular weight excluding hydrogens is 904 g/mol. The Hall–Kier alpha value is -5.26. The summed E-state index contributed by atoms with van der Waals surface area (Å²) in [5, 5.41) is 0. The highest BCUT2D eigenvalue weighted by Gasteiger charge is 2.31. The number of hydrogen-bond acceptors (Lipinski definition) is 14. The zero-order valence-electron chi connectivity index (χ0n) is 39.8. The lowest BCUT2D eigenvalue weighted by molar-refractivity contribution is 0.00664. The van der Waals surface area contributed by atoms with Gasteiger partial charge in [0.25, 0.3) is 11.8 Å². The van der Waals surface area contributed by atoms with E-state index in [0.717, 1.165) is 24.0 Å². The lowest BCUT2D eigenvalue weighted by atomic mass is 9.89. The minimum Gasteiger partial charge on any atom is -0.488 e. The number of fused-ring (bicyclic) bond motifs is 3. The van der Waals surface area contributed by atoms with Crippen molar-refractivity contribution in [2.24, 2.45) is 11.8 Å². The van der Waals surface area contributed by atoms with Gasteiger partial charge in [0.2, 0.25) is 0 Å². The van der Waals surface area contributed by atoms with Gasteiger partial charge in [-0.3, -0.25) is 9.59 Å². The second kappa shape index (κ2) is 24.3. The van der Waals surface area contributed by atoms with Crippen LogP contribution in [0.1, 0.15) is 112 Å².